The number of benzene rings is 1. The molecule has 0 radical (unpaired) electrons. The average Bonchev–Trinajstić information content (AvgIpc) is 2.66. The second-order valence-electron chi connectivity index (χ2n) is 7.28. The van der Waals surface area contributed by atoms with Crippen molar-refractivity contribution in [3.8, 4) is 5.75 Å². The van der Waals surface area contributed by atoms with Crippen LogP contribution in [0.2, 0.25) is 0 Å². The smallest absolute Gasteiger partial charge is 0.225 e. The third kappa shape index (κ3) is 6.66. The number of pyridine rings is 1. The van der Waals surface area contributed by atoms with Crippen LogP contribution in [0.5, 0.6) is 5.75 Å². The van der Waals surface area contributed by atoms with Gasteiger partial charge in [-0.1, -0.05) is 31.0 Å². The molecule has 2 unspecified atom stereocenters. The minimum absolute atomic E-state index is 0. The van der Waals surface area contributed by atoms with Gasteiger partial charge in [0, 0.05) is 18.3 Å². The molecular formula is C21H29Cl2N3O2. The topological polar surface area (TPSA) is 77.2 Å². The van der Waals surface area contributed by atoms with E-state index < -0.39 is 5.54 Å². The highest BCUT2D eigenvalue weighted by atomic mass is 35.5. The van der Waals surface area contributed by atoms with Gasteiger partial charge in [0.1, 0.15) is 12.4 Å². The molecule has 7 heteroatoms. The fraction of sp³-hybridized carbons (Fsp3) is 0.429. The molecule has 3 N–H and O–H groups in total. The van der Waals surface area contributed by atoms with E-state index in [-0.39, 0.29) is 36.6 Å². The molecule has 2 atom stereocenters. The van der Waals surface area contributed by atoms with Gasteiger partial charge < -0.3 is 15.8 Å². The summed E-state index contributed by atoms with van der Waals surface area (Å²) in [5, 5.41) is 3.03. The van der Waals surface area contributed by atoms with Crippen LogP contribution in [-0.2, 0) is 17.9 Å². The molecule has 28 heavy (non-hydrogen) atoms. The maximum Gasteiger partial charge on any atom is 0.225 e. The average molecular weight is 426 g/mol. The van der Waals surface area contributed by atoms with Gasteiger partial charge in [0.05, 0.1) is 11.6 Å². The number of nitrogens with one attached hydrogen (secondary N) is 1. The van der Waals surface area contributed by atoms with E-state index in [0.717, 1.165) is 42.7 Å². The van der Waals surface area contributed by atoms with Crippen molar-refractivity contribution in [2.75, 3.05) is 0 Å². The Balaban J connectivity index is 0.00000196. The zero-order chi connectivity index (χ0) is 18.4. The molecule has 1 saturated carbocycles. The van der Waals surface area contributed by atoms with Crippen LogP contribution in [0.3, 0.4) is 0 Å². The van der Waals surface area contributed by atoms with Crippen LogP contribution in [0.25, 0.3) is 0 Å². The van der Waals surface area contributed by atoms with E-state index in [1.807, 2.05) is 49.4 Å². The molecule has 5 nitrogen and oxygen atoms in total. The molecule has 3 rings (SSSR count). The first-order chi connectivity index (χ1) is 12.5. The van der Waals surface area contributed by atoms with Gasteiger partial charge >= 0.3 is 0 Å². The summed E-state index contributed by atoms with van der Waals surface area (Å²) in [7, 11) is 0. The predicted molar refractivity (Wildman–Crippen MR) is 116 cm³/mol. The summed E-state index contributed by atoms with van der Waals surface area (Å²) in [6.07, 6.45) is 5.72. The molecule has 1 aliphatic rings. The Bertz CT molecular complexity index is 724. The van der Waals surface area contributed by atoms with E-state index in [9.17, 15) is 4.79 Å². The summed E-state index contributed by atoms with van der Waals surface area (Å²) in [5.41, 5.74) is 7.84. The molecular weight excluding hydrogens is 397 g/mol. The lowest BCUT2D eigenvalue weighted by Crippen LogP contribution is -2.52. The Morgan fingerprint density at radius 2 is 1.96 bits per heavy atom. The van der Waals surface area contributed by atoms with Gasteiger partial charge in [-0.2, -0.15) is 0 Å². The molecule has 1 aromatic heterocycles. The highest BCUT2D eigenvalue weighted by Gasteiger charge is 2.37. The number of aromatic nitrogens is 1. The van der Waals surface area contributed by atoms with Crippen LogP contribution in [0, 0.1) is 5.92 Å². The number of hydrogen-bond acceptors (Lipinski definition) is 4. The van der Waals surface area contributed by atoms with Crippen LogP contribution in [-0.4, -0.2) is 16.4 Å². The number of amides is 1. The van der Waals surface area contributed by atoms with Crippen LogP contribution >= 0.6 is 24.8 Å². The molecule has 0 saturated heterocycles. The number of hydrogen-bond donors (Lipinski definition) is 2. The van der Waals surface area contributed by atoms with Crippen molar-refractivity contribution in [2.24, 2.45) is 11.7 Å². The lowest BCUT2D eigenvalue weighted by atomic mass is 9.74. The van der Waals surface area contributed by atoms with Crippen molar-refractivity contribution in [1.29, 1.82) is 0 Å². The molecule has 0 spiro atoms. The van der Waals surface area contributed by atoms with Gasteiger partial charge in [0.2, 0.25) is 5.91 Å². The standard InChI is InChI=1S/C21H27N3O2.2ClH/c1-21(22)12-4-2-7-19(21)20(25)24-14-16-8-10-18(11-9-16)26-15-17-6-3-5-13-23-17;;/h3,5-6,8-11,13,19H,2,4,7,12,14-15,22H2,1H3,(H,24,25);2*1H. The van der Waals surface area contributed by atoms with E-state index in [1.54, 1.807) is 6.20 Å². The second-order valence-corrected chi connectivity index (χ2v) is 7.28. The van der Waals surface area contributed by atoms with Crippen LogP contribution in [0.1, 0.15) is 43.9 Å². The third-order valence-corrected chi connectivity index (χ3v) is 5.07. The molecule has 1 heterocycles. The largest absolute Gasteiger partial charge is 0.487 e. The third-order valence-electron chi connectivity index (χ3n) is 5.07. The summed E-state index contributed by atoms with van der Waals surface area (Å²) >= 11 is 0. The zero-order valence-electron chi connectivity index (χ0n) is 16.1. The van der Waals surface area contributed by atoms with Crippen LogP contribution < -0.4 is 15.8 Å². The van der Waals surface area contributed by atoms with Crippen molar-refractivity contribution >= 4 is 30.7 Å². The highest BCUT2D eigenvalue weighted by molar-refractivity contribution is 5.85. The molecule has 2 aromatic rings. The molecule has 0 aliphatic heterocycles. The summed E-state index contributed by atoms with van der Waals surface area (Å²) in [6.45, 7) is 2.93. The predicted octanol–water partition coefficient (Wildman–Crippen LogP) is 4.03. The van der Waals surface area contributed by atoms with E-state index in [0.29, 0.717) is 13.2 Å². The van der Waals surface area contributed by atoms with E-state index >= 15 is 0 Å². The maximum absolute atomic E-state index is 12.5. The van der Waals surface area contributed by atoms with Crippen LogP contribution in [0.15, 0.2) is 48.7 Å². The maximum atomic E-state index is 12.5. The minimum atomic E-state index is -0.397. The number of nitrogens with two attached hydrogens (primary N) is 1. The number of carbonyl (C=O) groups excluding carboxylic acids is 1. The second kappa shape index (κ2) is 11.2. The number of nitrogens with zero attached hydrogens (tertiary/aromatic N) is 1. The normalized spacial score (nSPS) is 21.0. The van der Waals surface area contributed by atoms with Gasteiger partial charge in [-0.3, -0.25) is 9.78 Å². The van der Waals surface area contributed by atoms with Crippen molar-refractivity contribution in [3.63, 3.8) is 0 Å². The first-order valence-corrected chi connectivity index (χ1v) is 9.23. The van der Waals surface area contributed by atoms with Gasteiger partial charge in [0.25, 0.3) is 0 Å². The Hall–Kier alpha value is -1.82. The fourth-order valence-electron chi connectivity index (χ4n) is 3.45. The molecule has 0 bridgehead atoms. The molecule has 1 aliphatic carbocycles. The summed E-state index contributed by atoms with van der Waals surface area (Å²) in [4.78, 5) is 16.7. The van der Waals surface area contributed by atoms with Crippen molar-refractivity contribution in [2.45, 2.75) is 51.3 Å². The molecule has 1 fully saturated rings. The van der Waals surface area contributed by atoms with Gasteiger partial charge in [-0.15, -0.1) is 24.8 Å². The van der Waals surface area contributed by atoms with Gasteiger partial charge in [0.15, 0.2) is 0 Å². The SMILES string of the molecule is CC1(N)CCCCC1C(=O)NCc1ccc(OCc2ccccn2)cc1.Cl.Cl. The Morgan fingerprint density at radius 3 is 2.61 bits per heavy atom. The van der Waals surface area contributed by atoms with E-state index in [4.69, 9.17) is 10.5 Å². The Kier molecular flexibility index (Phi) is 9.73. The summed E-state index contributed by atoms with van der Waals surface area (Å²) in [5.74, 6) is 0.745. The monoisotopic (exact) mass is 425 g/mol. The lowest BCUT2D eigenvalue weighted by Gasteiger charge is -2.37. The van der Waals surface area contributed by atoms with Gasteiger partial charge in [-0.05, 0) is 49.6 Å². The molecule has 1 aromatic carbocycles. The number of rotatable bonds is 6. The van der Waals surface area contributed by atoms with Crippen molar-refractivity contribution < 1.29 is 9.53 Å². The summed E-state index contributed by atoms with van der Waals surface area (Å²) in [6, 6.07) is 13.5. The number of ether oxygens (including phenoxy) is 1. The summed E-state index contributed by atoms with van der Waals surface area (Å²) < 4.78 is 5.73. The number of halogens is 2. The Labute approximate surface area is 179 Å². The Morgan fingerprint density at radius 1 is 1.21 bits per heavy atom. The van der Waals surface area contributed by atoms with Crippen molar-refractivity contribution in [3.05, 3.63) is 59.9 Å². The first kappa shape index (κ1) is 24.2. The molecule has 1 amide bonds. The van der Waals surface area contributed by atoms with Gasteiger partial charge in [-0.25, -0.2) is 0 Å². The van der Waals surface area contributed by atoms with E-state index in [2.05, 4.69) is 10.3 Å². The first-order valence-electron chi connectivity index (χ1n) is 9.23. The van der Waals surface area contributed by atoms with E-state index in [1.165, 1.54) is 0 Å². The van der Waals surface area contributed by atoms with Crippen molar-refractivity contribution in [1.82, 2.24) is 10.3 Å². The van der Waals surface area contributed by atoms with Crippen LogP contribution in [0.4, 0.5) is 0 Å². The number of carbonyl (C=O) groups is 1. The fourth-order valence-corrected chi connectivity index (χ4v) is 3.45. The highest BCUT2D eigenvalue weighted by Crippen LogP contribution is 2.31. The quantitative estimate of drug-likeness (QED) is 0.731. The lowest BCUT2D eigenvalue weighted by molar-refractivity contribution is -0.128. The minimum Gasteiger partial charge on any atom is -0.487 e. The molecule has 154 valence electrons. The zero-order valence-corrected chi connectivity index (χ0v) is 17.7.